The third-order valence-corrected chi connectivity index (χ3v) is 4.71. The molecule has 0 radical (unpaired) electrons. The lowest BCUT2D eigenvalue weighted by Crippen LogP contribution is -2.53. The molecule has 1 aliphatic heterocycles. The van der Waals surface area contributed by atoms with E-state index < -0.39 is 12.1 Å². The summed E-state index contributed by atoms with van der Waals surface area (Å²) in [6, 6.07) is 15.6. The fraction of sp³-hybridized carbons (Fsp3) is 0.364. The minimum absolute atomic E-state index is 0.0559. The smallest absolute Gasteiger partial charge is 0.255 e. The van der Waals surface area contributed by atoms with E-state index in [1.54, 1.807) is 41.3 Å². The van der Waals surface area contributed by atoms with Gasteiger partial charge in [0.1, 0.15) is 12.7 Å². The summed E-state index contributed by atoms with van der Waals surface area (Å²) in [5, 5.41) is 13.7. The first-order chi connectivity index (χ1) is 13.5. The maximum absolute atomic E-state index is 12.2. The minimum Gasteiger partial charge on any atom is -0.386 e. The largest absolute Gasteiger partial charge is 0.386 e. The Morgan fingerprint density at radius 1 is 1.18 bits per heavy atom. The first-order valence-corrected chi connectivity index (χ1v) is 9.47. The third-order valence-electron chi connectivity index (χ3n) is 4.71. The Kier molecular flexibility index (Phi) is 6.44. The number of benzene rings is 2. The minimum atomic E-state index is -0.859. The van der Waals surface area contributed by atoms with Crippen molar-refractivity contribution in [2.45, 2.75) is 26.0 Å². The van der Waals surface area contributed by atoms with Crippen LogP contribution in [0, 0.1) is 5.92 Å². The van der Waals surface area contributed by atoms with Gasteiger partial charge < -0.3 is 20.1 Å². The molecule has 148 valence electrons. The van der Waals surface area contributed by atoms with Gasteiger partial charge in [-0.15, -0.1) is 0 Å². The van der Waals surface area contributed by atoms with E-state index in [4.69, 9.17) is 4.74 Å². The number of hydrogen-bond donors (Lipinski definition) is 2. The van der Waals surface area contributed by atoms with Gasteiger partial charge in [0, 0.05) is 17.8 Å². The van der Waals surface area contributed by atoms with E-state index in [9.17, 15) is 14.7 Å². The molecule has 28 heavy (non-hydrogen) atoms. The van der Waals surface area contributed by atoms with Crippen LogP contribution in [0.3, 0.4) is 0 Å². The van der Waals surface area contributed by atoms with E-state index in [0.717, 1.165) is 0 Å². The summed E-state index contributed by atoms with van der Waals surface area (Å²) in [4.78, 5) is 26.2. The summed E-state index contributed by atoms with van der Waals surface area (Å²) in [5.41, 5.74) is 1.89. The zero-order valence-electron chi connectivity index (χ0n) is 16.2. The maximum Gasteiger partial charge on any atom is 0.255 e. The van der Waals surface area contributed by atoms with Crippen molar-refractivity contribution in [2.75, 3.05) is 25.1 Å². The normalized spacial score (nSPS) is 18.2. The second-order valence-electron chi connectivity index (χ2n) is 7.41. The molecule has 0 aromatic heterocycles. The molecule has 2 N–H and O–H groups in total. The predicted molar refractivity (Wildman–Crippen MR) is 107 cm³/mol. The van der Waals surface area contributed by atoms with Crippen LogP contribution in [0.15, 0.2) is 54.6 Å². The van der Waals surface area contributed by atoms with Crippen molar-refractivity contribution in [3.8, 4) is 0 Å². The SMILES string of the molecule is CC(C)CN1C(=O)COCC1C(O)c1ccc(NC(=O)c2ccccc2)cc1. The zero-order valence-corrected chi connectivity index (χ0v) is 16.2. The Morgan fingerprint density at radius 3 is 2.50 bits per heavy atom. The number of aliphatic hydroxyl groups excluding tert-OH is 1. The van der Waals surface area contributed by atoms with Crippen molar-refractivity contribution >= 4 is 17.5 Å². The highest BCUT2D eigenvalue weighted by atomic mass is 16.5. The summed E-state index contributed by atoms with van der Waals surface area (Å²) in [6.45, 7) is 5.01. The van der Waals surface area contributed by atoms with E-state index in [1.165, 1.54) is 0 Å². The van der Waals surface area contributed by atoms with Gasteiger partial charge in [-0.25, -0.2) is 0 Å². The predicted octanol–water partition coefficient (Wildman–Crippen LogP) is 2.86. The van der Waals surface area contributed by atoms with Crippen LogP contribution < -0.4 is 5.32 Å². The number of carbonyl (C=O) groups is 2. The number of nitrogens with one attached hydrogen (secondary N) is 1. The fourth-order valence-electron chi connectivity index (χ4n) is 3.30. The van der Waals surface area contributed by atoms with Crippen molar-refractivity contribution in [3.05, 3.63) is 65.7 Å². The summed E-state index contributed by atoms with van der Waals surface area (Å²) in [6.07, 6.45) is -0.859. The van der Waals surface area contributed by atoms with Crippen molar-refractivity contribution in [1.82, 2.24) is 4.90 Å². The number of nitrogens with zero attached hydrogens (tertiary/aromatic N) is 1. The molecular formula is C22H26N2O4. The van der Waals surface area contributed by atoms with Crippen molar-refractivity contribution in [1.29, 1.82) is 0 Å². The van der Waals surface area contributed by atoms with Gasteiger partial charge in [0.25, 0.3) is 5.91 Å². The molecular weight excluding hydrogens is 356 g/mol. The fourth-order valence-corrected chi connectivity index (χ4v) is 3.30. The number of morpholine rings is 1. The molecule has 1 fully saturated rings. The topological polar surface area (TPSA) is 78.9 Å². The molecule has 6 nitrogen and oxygen atoms in total. The molecule has 2 atom stereocenters. The molecule has 1 saturated heterocycles. The summed E-state index contributed by atoms with van der Waals surface area (Å²) < 4.78 is 5.37. The monoisotopic (exact) mass is 382 g/mol. The average Bonchev–Trinajstić information content (AvgIpc) is 2.70. The zero-order chi connectivity index (χ0) is 20.1. The second-order valence-corrected chi connectivity index (χ2v) is 7.41. The van der Waals surface area contributed by atoms with Gasteiger partial charge in [-0.2, -0.15) is 0 Å². The number of ether oxygens (including phenoxy) is 1. The molecule has 2 amide bonds. The van der Waals surface area contributed by atoms with Crippen LogP contribution in [-0.2, 0) is 9.53 Å². The molecule has 0 spiro atoms. The average molecular weight is 382 g/mol. The molecule has 0 aliphatic carbocycles. The van der Waals surface area contributed by atoms with Gasteiger partial charge in [-0.3, -0.25) is 9.59 Å². The van der Waals surface area contributed by atoms with Crippen molar-refractivity contribution in [2.24, 2.45) is 5.92 Å². The maximum atomic E-state index is 12.2. The van der Waals surface area contributed by atoms with E-state index in [1.807, 2.05) is 32.0 Å². The highest BCUT2D eigenvalue weighted by Gasteiger charge is 2.34. The van der Waals surface area contributed by atoms with Crippen LogP contribution >= 0.6 is 0 Å². The lowest BCUT2D eigenvalue weighted by atomic mass is 9.99. The van der Waals surface area contributed by atoms with E-state index in [2.05, 4.69) is 5.32 Å². The molecule has 1 aliphatic rings. The molecule has 2 aromatic carbocycles. The number of amides is 2. The Hall–Kier alpha value is -2.70. The Bertz CT molecular complexity index is 805. The molecule has 6 heteroatoms. The lowest BCUT2D eigenvalue weighted by Gasteiger charge is -2.39. The van der Waals surface area contributed by atoms with E-state index >= 15 is 0 Å². The summed E-state index contributed by atoms with van der Waals surface area (Å²) >= 11 is 0. The third kappa shape index (κ3) is 4.77. The van der Waals surface area contributed by atoms with Crippen molar-refractivity contribution in [3.63, 3.8) is 0 Å². The standard InChI is InChI=1S/C22H26N2O4/c1-15(2)12-24-19(13-28-14-20(24)25)21(26)16-8-10-18(11-9-16)23-22(27)17-6-4-3-5-7-17/h3-11,15,19,21,26H,12-14H2,1-2H3,(H,23,27). The lowest BCUT2D eigenvalue weighted by molar-refractivity contribution is -0.155. The number of aliphatic hydroxyl groups is 1. The molecule has 0 saturated carbocycles. The highest BCUT2D eigenvalue weighted by molar-refractivity contribution is 6.04. The summed E-state index contributed by atoms with van der Waals surface area (Å²) in [7, 11) is 0. The molecule has 3 rings (SSSR count). The van der Waals surface area contributed by atoms with Crippen LogP contribution in [-0.4, -0.2) is 47.6 Å². The van der Waals surface area contributed by atoms with Gasteiger partial charge in [0.05, 0.1) is 12.6 Å². The number of carbonyl (C=O) groups excluding carboxylic acids is 2. The number of anilines is 1. The number of hydrogen-bond acceptors (Lipinski definition) is 4. The van der Waals surface area contributed by atoms with E-state index in [0.29, 0.717) is 35.9 Å². The summed E-state index contributed by atoms with van der Waals surface area (Å²) in [5.74, 6) is 0.00588. The van der Waals surface area contributed by atoms with Gasteiger partial charge >= 0.3 is 0 Å². The number of rotatable bonds is 6. The van der Waals surface area contributed by atoms with Crippen LogP contribution in [0.4, 0.5) is 5.69 Å². The van der Waals surface area contributed by atoms with Crippen LogP contribution in [0.25, 0.3) is 0 Å². The Balaban J connectivity index is 1.69. The first-order valence-electron chi connectivity index (χ1n) is 9.47. The first kappa shape index (κ1) is 20.0. The van der Waals surface area contributed by atoms with Gasteiger partial charge in [0.2, 0.25) is 5.91 Å². The van der Waals surface area contributed by atoms with Crippen LogP contribution in [0.2, 0.25) is 0 Å². The van der Waals surface area contributed by atoms with Gasteiger partial charge in [-0.05, 0) is 35.7 Å². The van der Waals surface area contributed by atoms with Crippen molar-refractivity contribution < 1.29 is 19.4 Å². The molecule has 2 unspecified atom stereocenters. The molecule has 2 aromatic rings. The van der Waals surface area contributed by atoms with Crippen LogP contribution in [0.1, 0.15) is 35.9 Å². The quantitative estimate of drug-likeness (QED) is 0.805. The molecule has 1 heterocycles. The van der Waals surface area contributed by atoms with Crippen LogP contribution in [0.5, 0.6) is 0 Å². The molecule has 0 bridgehead atoms. The highest BCUT2D eigenvalue weighted by Crippen LogP contribution is 2.26. The Labute approximate surface area is 165 Å². The Morgan fingerprint density at radius 2 is 1.86 bits per heavy atom. The van der Waals surface area contributed by atoms with Gasteiger partial charge in [-0.1, -0.05) is 44.2 Å². The second kappa shape index (κ2) is 8.99. The van der Waals surface area contributed by atoms with Gasteiger partial charge in [0.15, 0.2) is 0 Å². The van der Waals surface area contributed by atoms with E-state index in [-0.39, 0.29) is 18.4 Å².